The third-order valence-corrected chi connectivity index (χ3v) is 3.19. The molecule has 4 heteroatoms. The van der Waals surface area contributed by atoms with Gasteiger partial charge in [0.1, 0.15) is 11.5 Å². The van der Waals surface area contributed by atoms with Gasteiger partial charge in [-0.25, -0.2) is 0 Å². The minimum Gasteiger partial charge on any atom is -0.464 e. The lowest BCUT2D eigenvalue weighted by Gasteiger charge is -2.02. The Morgan fingerprint density at radius 3 is 2.94 bits per heavy atom. The van der Waals surface area contributed by atoms with E-state index in [0.29, 0.717) is 0 Å². The van der Waals surface area contributed by atoms with Crippen molar-refractivity contribution in [2.24, 2.45) is 0 Å². The van der Waals surface area contributed by atoms with Crippen molar-refractivity contribution in [3.63, 3.8) is 0 Å². The number of furan rings is 1. The first kappa shape index (κ1) is 13.2. The molecule has 0 aliphatic heterocycles. The summed E-state index contributed by atoms with van der Waals surface area (Å²) in [5, 5.41) is 3.38. The molecule has 0 atom stereocenters. The van der Waals surface area contributed by atoms with Crippen molar-refractivity contribution in [3.8, 4) is 0 Å². The van der Waals surface area contributed by atoms with Crippen LogP contribution >= 0.6 is 11.8 Å². The fraction of sp³-hybridized carbons (Fsp3) is 0.357. The van der Waals surface area contributed by atoms with Crippen molar-refractivity contribution in [2.45, 2.75) is 18.7 Å². The summed E-state index contributed by atoms with van der Waals surface area (Å²) in [6.07, 6.45) is 6.78. The maximum Gasteiger partial charge on any atom is 0.117 e. The van der Waals surface area contributed by atoms with E-state index in [2.05, 4.69) is 28.7 Å². The summed E-state index contributed by atoms with van der Waals surface area (Å²) < 4.78 is 5.68. The summed E-state index contributed by atoms with van der Waals surface area (Å²) in [5.41, 5.74) is 1.26. The number of pyridine rings is 1. The van der Waals surface area contributed by atoms with E-state index in [1.165, 1.54) is 5.56 Å². The van der Waals surface area contributed by atoms with E-state index >= 15 is 0 Å². The predicted molar refractivity (Wildman–Crippen MR) is 75.6 cm³/mol. The van der Waals surface area contributed by atoms with E-state index in [1.54, 1.807) is 18.0 Å². The summed E-state index contributed by atoms with van der Waals surface area (Å²) in [4.78, 5) is 4.10. The highest BCUT2D eigenvalue weighted by molar-refractivity contribution is 7.97. The monoisotopic (exact) mass is 262 g/mol. The Kier molecular flexibility index (Phi) is 5.30. The van der Waals surface area contributed by atoms with E-state index in [4.69, 9.17) is 4.42 Å². The van der Waals surface area contributed by atoms with Crippen LogP contribution in [0.2, 0.25) is 0 Å². The van der Waals surface area contributed by atoms with Crippen LogP contribution in [0.3, 0.4) is 0 Å². The molecule has 1 N–H and O–H groups in total. The van der Waals surface area contributed by atoms with Crippen LogP contribution in [0.1, 0.15) is 17.1 Å². The predicted octanol–water partition coefficient (Wildman–Crippen LogP) is 2.87. The van der Waals surface area contributed by atoms with Crippen LogP contribution in [0.25, 0.3) is 0 Å². The lowest BCUT2D eigenvalue weighted by atomic mass is 10.2. The zero-order valence-electron chi connectivity index (χ0n) is 10.6. The van der Waals surface area contributed by atoms with Crippen LogP contribution in [0.4, 0.5) is 0 Å². The van der Waals surface area contributed by atoms with Gasteiger partial charge in [-0.3, -0.25) is 4.98 Å². The summed E-state index contributed by atoms with van der Waals surface area (Å²) in [6, 6.07) is 8.16. The second-order valence-corrected chi connectivity index (χ2v) is 4.96. The van der Waals surface area contributed by atoms with Crippen LogP contribution in [0, 0.1) is 0 Å². The largest absolute Gasteiger partial charge is 0.464 e. The molecule has 2 aromatic rings. The molecular formula is C14H18N2OS. The first-order valence-corrected chi connectivity index (χ1v) is 7.44. The second kappa shape index (κ2) is 7.24. The van der Waals surface area contributed by atoms with Gasteiger partial charge < -0.3 is 9.73 Å². The Bertz CT molecular complexity index is 456. The third-order valence-electron chi connectivity index (χ3n) is 2.62. The van der Waals surface area contributed by atoms with Gasteiger partial charge in [0.2, 0.25) is 0 Å². The Balaban J connectivity index is 1.68. The van der Waals surface area contributed by atoms with Crippen molar-refractivity contribution < 1.29 is 4.42 Å². The van der Waals surface area contributed by atoms with Crippen molar-refractivity contribution in [3.05, 3.63) is 53.7 Å². The highest BCUT2D eigenvalue weighted by Crippen LogP contribution is 2.13. The number of aromatic nitrogens is 1. The molecule has 2 heterocycles. The van der Waals surface area contributed by atoms with Gasteiger partial charge in [0.25, 0.3) is 0 Å². The molecule has 0 spiro atoms. The summed E-state index contributed by atoms with van der Waals surface area (Å²) in [6.45, 7) is 1.72. The summed E-state index contributed by atoms with van der Waals surface area (Å²) in [7, 11) is 0. The minimum atomic E-state index is 0.786. The first-order chi connectivity index (χ1) is 8.88. The van der Waals surface area contributed by atoms with Gasteiger partial charge in [-0.15, -0.1) is 0 Å². The van der Waals surface area contributed by atoms with E-state index < -0.39 is 0 Å². The maximum absolute atomic E-state index is 5.68. The lowest BCUT2D eigenvalue weighted by Crippen LogP contribution is -2.16. The highest BCUT2D eigenvalue weighted by atomic mass is 32.2. The smallest absolute Gasteiger partial charge is 0.117 e. The molecule has 0 aliphatic carbocycles. The number of hydrogen-bond donors (Lipinski definition) is 1. The molecule has 0 radical (unpaired) electrons. The van der Waals surface area contributed by atoms with Crippen LogP contribution in [-0.4, -0.2) is 17.8 Å². The van der Waals surface area contributed by atoms with Crippen molar-refractivity contribution in [2.75, 3.05) is 12.8 Å². The average Bonchev–Trinajstić information content (AvgIpc) is 2.84. The molecule has 96 valence electrons. The van der Waals surface area contributed by atoms with Crippen molar-refractivity contribution in [1.29, 1.82) is 0 Å². The molecule has 2 rings (SSSR count). The topological polar surface area (TPSA) is 38.1 Å². The fourth-order valence-electron chi connectivity index (χ4n) is 1.73. The molecule has 0 unspecified atom stereocenters. The number of rotatable bonds is 7. The maximum atomic E-state index is 5.68. The van der Waals surface area contributed by atoms with Crippen LogP contribution in [-0.2, 0) is 18.7 Å². The molecule has 0 bridgehead atoms. The summed E-state index contributed by atoms with van der Waals surface area (Å²) >= 11 is 1.77. The van der Waals surface area contributed by atoms with Crippen LogP contribution in [0.15, 0.2) is 41.1 Å². The molecule has 3 nitrogen and oxygen atoms in total. The van der Waals surface area contributed by atoms with Gasteiger partial charge in [0, 0.05) is 12.4 Å². The van der Waals surface area contributed by atoms with Gasteiger partial charge in [0.05, 0.1) is 12.3 Å². The second-order valence-electron chi connectivity index (χ2n) is 4.09. The number of nitrogens with one attached hydrogen (secondary N) is 1. The Labute approximate surface area is 112 Å². The molecule has 0 aromatic carbocycles. The fourth-order valence-corrected chi connectivity index (χ4v) is 2.17. The summed E-state index contributed by atoms with van der Waals surface area (Å²) in [5.74, 6) is 2.99. The van der Waals surface area contributed by atoms with Crippen molar-refractivity contribution >= 4 is 11.8 Å². The van der Waals surface area contributed by atoms with Crippen LogP contribution < -0.4 is 5.32 Å². The SMILES string of the molecule is CSCc1ccc(CNCCc2cccnc2)o1. The molecule has 0 fully saturated rings. The third kappa shape index (κ3) is 4.20. The normalized spacial score (nSPS) is 10.7. The zero-order valence-corrected chi connectivity index (χ0v) is 11.4. The molecule has 2 aromatic heterocycles. The number of hydrogen-bond acceptors (Lipinski definition) is 4. The molecule has 0 aliphatic rings. The van der Waals surface area contributed by atoms with E-state index in [1.807, 2.05) is 18.3 Å². The number of nitrogens with zero attached hydrogens (tertiary/aromatic N) is 1. The highest BCUT2D eigenvalue weighted by Gasteiger charge is 2.01. The van der Waals surface area contributed by atoms with Gasteiger partial charge in [-0.2, -0.15) is 11.8 Å². The average molecular weight is 262 g/mol. The Morgan fingerprint density at radius 1 is 1.28 bits per heavy atom. The molecule has 0 saturated heterocycles. The van der Waals surface area contributed by atoms with Gasteiger partial charge in [-0.1, -0.05) is 6.07 Å². The quantitative estimate of drug-likeness (QED) is 0.779. The zero-order chi connectivity index (χ0) is 12.6. The van der Waals surface area contributed by atoms with Crippen molar-refractivity contribution in [1.82, 2.24) is 10.3 Å². The van der Waals surface area contributed by atoms with Gasteiger partial charge >= 0.3 is 0 Å². The minimum absolute atomic E-state index is 0.786. The van der Waals surface area contributed by atoms with E-state index in [9.17, 15) is 0 Å². The molecule has 0 amide bonds. The van der Waals surface area contributed by atoms with E-state index in [0.717, 1.165) is 36.8 Å². The standard InChI is InChI=1S/C14H18N2OS/c1-18-11-14-5-4-13(17-14)10-16-8-6-12-3-2-7-15-9-12/h2-5,7,9,16H,6,8,10-11H2,1H3. The molecule has 0 saturated carbocycles. The lowest BCUT2D eigenvalue weighted by molar-refractivity contribution is 0.460. The van der Waals surface area contributed by atoms with Crippen LogP contribution in [0.5, 0.6) is 0 Å². The van der Waals surface area contributed by atoms with Gasteiger partial charge in [-0.05, 0) is 43.0 Å². The number of thioether (sulfide) groups is 1. The van der Waals surface area contributed by atoms with E-state index in [-0.39, 0.29) is 0 Å². The molecule has 18 heavy (non-hydrogen) atoms. The van der Waals surface area contributed by atoms with Gasteiger partial charge in [0.15, 0.2) is 0 Å². The first-order valence-electron chi connectivity index (χ1n) is 6.04. The Morgan fingerprint density at radius 2 is 2.17 bits per heavy atom. The molecular weight excluding hydrogens is 244 g/mol. The Hall–Kier alpha value is -1.26.